The molecule has 2 rings (SSSR count). The van der Waals surface area contributed by atoms with Crippen LogP contribution < -0.4 is 5.32 Å². The van der Waals surface area contributed by atoms with E-state index in [1.54, 1.807) is 0 Å². The summed E-state index contributed by atoms with van der Waals surface area (Å²) in [6.07, 6.45) is 2.05. The lowest BCUT2D eigenvalue weighted by atomic mass is 9.85. The van der Waals surface area contributed by atoms with E-state index in [2.05, 4.69) is 5.32 Å². The van der Waals surface area contributed by atoms with Gasteiger partial charge >= 0.3 is 5.97 Å². The van der Waals surface area contributed by atoms with Crippen LogP contribution in [0.3, 0.4) is 0 Å². The molecule has 1 aliphatic carbocycles. The first kappa shape index (κ1) is 8.01. The van der Waals surface area contributed by atoms with E-state index >= 15 is 0 Å². The molecule has 0 amide bonds. The second-order valence-electron chi connectivity index (χ2n) is 3.73. The molecule has 4 heteroatoms. The standard InChI is InChI=1S/C8H13NO3/c10-6-2-1-4-3-5(6)9-7(4)8(11)12/h4-7,9-10H,1-3H2,(H,11,12)/t4-,5-,6-,7+/m1/s1. The maximum atomic E-state index is 10.7. The number of carboxylic acids is 1. The van der Waals surface area contributed by atoms with Gasteiger partial charge in [-0.1, -0.05) is 0 Å². The Morgan fingerprint density at radius 2 is 2.17 bits per heavy atom. The molecule has 1 aliphatic heterocycles. The molecule has 0 aromatic heterocycles. The maximum absolute atomic E-state index is 10.7. The lowest BCUT2D eigenvalue weighted by Crippen LogP contribution is -2.40. The average molecular weight is 171 g/mol. The smallest absolute Gasteiger partial charge is 0.320 e. The predicted octanol–water partition coefficient (Wildman–Crippen LogP) is -0.428. The topological polar surface area (TPSA) is 69.6 Å². The summed E-state index contributed by atoms with van der Waals surface area (Å²) < 4.78 is 0. The van der Waals surface area contributed by atoms with Gasteiger partial charge in [0.1, 0.15) is 6.04 Å². The van der Waals surface area contributed by atoms with Gasteiger partial charge < -0.3 is 10.2 Å². The lowest BCUT2D eigenvalue weighted by molar-refractivity contribution is -0.140. The van der Waals surface area contributed by atoms with E-state index in [9.17, 15) is 9.90 Å². The van der Waals surface area contributed by atoms with E-state index in [-0.39, 0.29) is 18.1 Å². The number of hydrogen-bond donors (Lipinski definition) is 3. The molecule has 2 bridgehead atoms. The third-order valence-electron chi connectivity index (χ3n) is 2.99. The van der Waals surface area contributed by atoms with Crippen molar-refractivity contribution in [2.45, 2.75) is 37.5 Å². The van der Waals surface area contributed by atoms with Crippen LogP contribution in [-0.4, -0.2) is 34.4 Å². The summed E-state index contributed by atoms with van der Waals surface area (Å²) in [5.41, 5.74) is 0. The van der Waals surface area contributed by atoms with Gasteiger partial charge in [0, 0.05) is 6.04 Å². The van der Waals surface area contributed by atoms with Crippen LogP contribution in [0.5, 0.6) is 0 Å². The number of aliphatic carboxylic acids is 1. The van der Waals surface area contributed by atoms with E-state index < -0.39 is 12.0 Å². The van der Waals surface area contributed by atoms with Crippen LogP contribution in [-0.2, 0) is 4.79 Å². The summed E-state index contributed by atoms with van der Waals surface area (Å²) in [6, 6.07) is -0.406. The Kier molecular flexibility index (Phi) is 1.81. The molecule has 0 spiro atoms. The largest absolute Gasteiger partial charge is 0.480 e. The highest BCUT2D eigenvalue weighted by atomic mass is 16.4. The third kappa shape index (κ3) is 1.11. The van der Waals surface area contributed by atoms with Gasteiger partial charge in [-0.25, -0.2) is 0 Å². The maximum Gasteiger partial charge on any atom is 0.320 e. The molecular weight excluding hydrogens is 158 g/mol. The number of carboxylic acid groups (broad SMARTS) is 1. The molecule has 1 saturated carbocycles. The molecule has 0 unspecified atom stereocenters. The molecule has 4 atom stereocenters. The molecule has 0 aromatic rings. The van der Waals surface area contributed by atoms with Crippen LogP contribution in [0.2, 0.25) is 0 Å². The number of rotatable bonds is 1. The van der Waals surface area contributed by atoms with Crippen molar-refractivity contribution in [2.75, 3.05) is 0 Å². The Balaban J connectivity index is 2.10. The first-order valence-electron chi connectivity index (χ1n) is 4.35. The zero-order chi connectivity index (χ0) is 8.72. The van der Waals surface area contributed by atoms with Crippen molar-refractivity contribution in [3.8, 4) is 0 Å². The molecule has 0 radical (unpaired) electrons. The number of aliphatic hydroxyl groups excluding tert-OH is 1. The Morgan fingerprint density at radius 3 is 2.75 bits per heavy atom. The van der Waals surface area contributed by atoms with Crippen molar-refractivity contribution in [3.63, 3.8) is 0 Å². The number of hydrogen-bond acceptors (Lipinski definition) is 3. The van der Waals surface area contributed by atoms with E-state index in [0.29, 0.717) is 0 Å². The first-order valence-corrected chi connectivity index (χ1v) is 4.35. The molecule has 1 heterocycles. The quantitative estimate of drug-likeness (QED) is 0.501. The molecule has 68 valence electrons. The number of carbonyl (C=O) groups is 1. The number of nitrogens with one attached hydrogen (secondary N) is 1. The molecular formula is C8H13NO3. The molecule has 12 heavy (non-hydrogen) atoms. The summed E-state index contributed by atoms with van der Waals surface area (Å²) in [4.78, 5) is 10.7. The normalized spacial score (nSPS) is 46.1. The Labute approximate surface area is 70.6 Å². The zero-order valence-corrected chi connectivity index (χ0v) is 6.73. The summed E-state index contributed by atoms with van der Waals surface area (Å²) >= 11 is 0. The van der Waals surface area contributed by atoms with Gasteiger partial charge in [-0.3, -0.25) is 10.1 Å². The van der Waals surface area contributed by atoms with Crippen LogP contribution in [0.15, 0.2) is 0 Å². The zero-order valence-electron chi connectivity index (χ0n) is 6.73. The second-order valence-corrected chi connectivity index (χ2v) is 3.73. The van der Waals surface area contributed by atoms with Gasteiger partial charge in [-0.05, 0) is 25.2 Å². The van der Waals surface area contributed by atoms with Gasteiger partial charge in [0.05, 0.1) is 6.10 Å². The summed E-state index contributed by atoms with van der Waals surface area (Å²) in [7, 11) is 0. The van der Waals surface area contributed by atoms with Crippen LogP contribution in [0.1, 0.15) is 19.3 Å². The van der Waals surface area contributed by atoms with Crippen molar-refractivity contribution in [1.29, 1.82) is 0 Å². The van der Waals surface area contributed by atoms with E-state index in [1.807, 2.05) is 0 Å². The highest BCUT2D eigenvalue weighted by Gasteiger charge is 2.44. The lowest BCUT2D eigenvalue weighted by Gasteiger charge is -2.22. The van der Waals surface area contributed by atoms with Gasteiger partial charge in [0.25, 0.3) is 0 Å². The van der Waals surface area contributed by atoms with Crippen molar-refractivity contribution < 1.29 is 15.0 Å². The summed E-state index contributed by atoms with van der Waals surface area (Å²) in [5.74, 6) is -0.549. The summed E-state index contributed by atoms with van der Waals surface area (Å²) in [5, 5.41) is 21.2. The molecule has 4 nitrogen and oxygen atoms in total. The van der Waals surface area contributed by atoms with Crippen LogP contribution in [0.4, 0.5) is 0 Å². The summed E-state index contributed by atoms with van der Waals surface area (Å²) in [6.45, 7) is 0. The molecule has 2 aliphatic rings. The second kappa shape index (κ2) is 2.71. The van der Waals surface area contributed by atoms with Gasteiger partial charge in [-0.15, -0.1) is 0 Å². The monoisotopic (exact) mass is 171 g/mol. The van der Waals surface area contributed by atoms with E-state index in [1.165, 1.54) is 0 Å². The fourth-order valence-corrected chi connectivity index (χ4v) is 2.31. The van der Waals surface area contributed by atoms with Crippen molar-refractivity contribution in [3.05, 3.63) is 0 Å². The van der Waals surface area contributed by atoms with Crippen molar-refractivity contribution >= 4 is 5.97 Å². The molecule has 0 aromatic carbocycles. The highest BCUT2D eigenvalue weighted by Crippen LogP contribution is 2.33. The highest BCUT2D eigenvalue weighted by molar-refractivity contribution is 5.74. The number of aliphatic hydroxyl groups is 1. The van der Waals surface area contributed by atoms with E-state index in [0.717, 1.165) is 19.3 Å². The molecule has 3 N–H and O–H groups in total. The first-order chi connectivity index (χ1) is 5.68. The number of fused-ring (bicyclic) bond motifs is 2. The van der Waals surface area contributed by atoms with Crippen molar-refractivity contribution in [1.82, 2.24) is 5.32 Å². The minimum atomic E-state index is -0.781. The Morgan fingerprint density at radius 1 is 1.42 bits per heavy atom. The van der Waals surface area contributed by atoms with Gasteiger partial charge in [-0.2, -0.15) is 0 Å². The van der Waals surface area contributed by atoms with Crippen molar-refractivity contribution in [2.24, 2.45) is 5.92 Å². The van der Waals surface area contributed by atoms with Crippen LogP contribution >= 0.6 is 0 Å². The van der Waals surface area contributed by atoms with E-state index in [4.69, 9.17) is 5.11 Å². The Bertz CT molecular complexity index is 206. The average Bonchev–Trinajstić information content (AvgIpc) is 2.37. The predicted molar refractivity (Wildman–Crippen MR) is 41.7 cm³/mol. The minimum Gasteiger partial charge on any atom is -0.480 e. The van der Waals surface area contributed by atoms with Gasteiger partial charge in [0.2, 0.25) is 0 Å². The SMILES string of the molecule is O=C(O)[C@H]1N[C@@H]2C[C@H]1CC[C@H]2O. The fourth-order valence-electron chi connectivity index (χ4n) is 2.31. The Hall–Kier alpha value is -0.610. The van der Waals surface area contributed by atoms with Gasteiger partial charge in [0.15, 0.2) is 0 Å². The van der Waals surface area contributed by atoms with Crippen LogP contribution in [0, 0.1) is 5.92 Å². The van der Waals surface area contributed by atoms with Crippen LogP contribution in [0.25, 0.3) is 0 Å². The molecule has 2 fully saturated rings. The minimum absolute atomic E-state index is 0.0184. The fraction of sp³-hybridized carbons (Fsp3) is 0.875. The molecule has 1 saturated heterocycles. The third-order valence-corrected chi connectivity index (χ3v) is 2.99.